The second kappa shape index (κ2) is 10.6. The number of hydrazine groups is 2. The van der Waals surface area contributed by atoms with Gasteiger partial charge in [0.15, 0.2) is 5.84 Å². The van der Waals surface area contributed by atoms with Crippen molar-refractivity contribution >= 4 is 11.7 Å². The van der Waals surface area contributed by atoms with E-state index < -0.39 is 0 Å². The van der Waals surface area contributed by atoms with Crippen molar-refractivity contribution in [3.8, 4) is 0 Å². The number of nitrogens with zero attached hydrogens (tertiary/aromatic N) is 1. The molecular formula is C24H41N7O. The molecule has 8 heteroatoms. The molecule has 0 saturated heterocycles. The summed E-state index contributed by atoms with van der Waals surface area (Å²) in [5.41, 5.74) is 16.8. The molecule has 1 aliphatic heterocycles. The Morgan fingerprint density at radius 2 is 1.94 bits per heavy atom. The molecule has 1 aliphatic carbocycles. The quantitative estimate of drug-likeness (QED) is 0.310. The molecule has 1 saturated carbocycles. The van der Waals surface area contributed by atoms with Gasteiger partial charge in [-0.05, 0) is 61.1 Å². The smallest absolute Gasteiger partial charge is 0.251 e. The van der Waals surface area contributed by atoms with E-state index in [1.165, 1.54) is 24.8 Å². The van der Waals surface area contributed by atoms with Crippen LogP contribution in [-0.4, -0.2) is 24.0 Å². The number of nitrogens with one attached hydrogen (secondary N) is 5. The Labute approximate surface area is 192 Å². The summed E-state index contributed by atoms with van der Waals surface area (Å²) in [6.45, 7) is 9.59. The van der Waals surface area contributed by atoms with E-state index >= 15 is 0 Å². The number of carbonyl (C=O) groups excluding carboxylic acids is 1. The van der Waals surface area contributed by atoms with E-state index in [1.807, 2.05) is 24.3 Å². The zero-order chi connectivity index (χ0) is 23.2. The first-order valence-electron chi connectivity index (χ1n) is 12.0. The van der Waals surface area contributed by atoms with Crippen LogP contribution >= 0.6 is 0 Å². The summed E-state index contributed by atoms with van der Waals surface area (Å²) in [7, 11) is 0. The first-order valence-corrected chi connectivity index (χ1v) is 12.0. The maximum absolute atomic E-state index is 12.4. The Morgan fingerprint density at radius 1 is 1.25 bits per heavy atom. The van der Waals surface area contributed by atoms with Gasteiger partial charge in [-0.25, -0.2) is 5.53 Å². The fourth-order valence-corrected chi connectivity index (χ4v) is 4.75. The highest BCUT2D eigenvalue weighted by Crippen LogP contribution is 2.42. The van der Waals surface area contributed by atoms with Crippen molar-refractivity contribution in [3.63, 3.8) is 0 Å². The first kappa shape index (κ1) is 24.5. The molecular weight excluding hydrogens is 402 g/mol. The molecule has 0 aromatic heterocycles. The second-order valence-electron chi connectivity index (χ2n) is 9.98. The van der Waals surface area contributed by atoms with Crippen LogP contribution < -0.4 is 32.9 Å². The van der Waals surface area contributed by atoms with Crippen LogP contribution in [-0.2, 0) is 0 Å². The standard InChI is InChI=1S/C24H41N7O/c1-5-7-20(27-24(25)14-12-19(13-15-24)23(3,4)6-2)17-8-10-18(11-9-17)22(32)26-16-21-28-30-31-29-21/h8-11,19-20,27,30-31H,5-7,12-16,25H2,1-4H3,(H,26,32)(H,28,29)/t19?,20-,24?/m1/s1. The minimum atomic E-state index is -0.326. The topological polar surface area (TPSA) is 116 Å². The van der Waals surface area contributed by atoms with Gasteiger partial charge in [0.2, 0.25) is 0 Å². The van der Waals surface area contributed by atoms with Gasteiger partial charge in [-0.15, -0.1) is 10.6 Å². The van der Waals surface area contributed by atoms with Crippen molar-refractivity contribution in [2.75, 3.05) is 6.54 Å². The zero-order valence-corrected chi connectivity index (χ0v) is 20.1. The third kappa shape index (κ3) is 6.21. The monoisotopic (exact) mass is 443 g/mol. The average molecular weight is 444 g/mol. The van der Waals surface area contributed by atoms with Crippen LogP contribution in [0.3, 0.4) is 0 Å². The van der Waals surface area contributed by atoms with Gasteiger partial charge in [0, 0.05) is 11.6 Å². The molecule has 3 rings (SSSR count). The molecule has 178 valence electrons. The van der Waals surface area contributed by atoms with E-state index in [0.717, 1.165) is 31.6 Å². The molecule has 1 heterocycles. The lowest BCUT2D eigenvalue weighted by molar-refractivity contribution is 0.0935. The fourth-order valence-electron chi connectivity index (χ4n) is 4.75. The van der Waals surface area contributed by atoms with Gasteiger partial charge in [0.05, 0.1) is 12.2 Å². The summed E-state index contributed by atoms with van der Waals surface area (Å²) < 4.78 is 0. The molecule has 0 radical (unpaired) electrons. The van der Waals surface area contributed by atoms with Crippen molar-refractivity contribution in [1.29, 1.82) is 0 Å². The number of hydrogen-bond acceptors (Lipinski definition) is 7. The maximum Gasteiger partial charge on any atom is 0.251 e. The molecule has 2 aliphatic rings. The molecule has 0 spiro atoms. The van der Waals surface area contributed by atoms with Gasteiger partial charge in [-0.3, -0.25) is 15.5 Å². The normalized spacial score (nSPS) is 24.3. The highest BCUT2D eigenvalue weighted by Gasteiger charge is 2.38. The summed E-state index contributed by atoms with van der Waals surface area (Å²) >= 11 is 0. The number of amidine groups is 1. The lowest BCUT2D eigenvalue weighted by atomic mass is 9.67. The summed E-state index contributed by atoms with van der Waals surface area (Å²) in [5, 5.41) is 10.6. The molecule has 1 aromatic carbocycles. The van der Waals surface area contributed by atoms with E-state index in [4.69, 9.17) is 5.73 Å². The lowest BCUT2D eigenvalue weighted by Crippen LogP contribution is -2.57. The summed E-state index contributed by atoms with van der Waals surface area (Å²) in [6.07, 6.45) is 7.64. The van der Waals surface area contributed by atoms with Crippen LogP contribution in [0.4, 0.5) is 0 Å². The third-order valence-electron chi connectivity index (χ3n) is 7.38. The molecule has 0 bridgehead atoms. The number of hydrazone groups is 1. The molecule has 8 nitrogen and oxygen atoms in total. The number of rotatable bonds is 10. The third-order valence-corrected chi connectivity index (χ3v) is 7.38. The minimum absolute atomic E-state index is 0.125. The highest BCUT2D eigenvalue weighted by atomic mass is 16.1. The Bertz CT molecular complexity index is 782. The van der Waals surface area contributed by atoms with E-state index in [-0.39, 0.29) is 17.6 Å². The SMILES string of the molecule is CCC[C@@H](NC1(N)CCC(C(C)(C)CC)CC1)c1ccc(C(=O)NCC2=NNNN2)cc1. The van der Waals surface area contributed by atoms with Crippen LogP contribution in [0.25, 0.3) is 0 Å². The van der Waals surface area contributed by atoms with Gasteiger partial charge in [0.1, 0.15) is 0 Å². The van der Waals surface area contributed by atoms with Crippen molar-refractivity contribution < 1.29 is 4.79 Å². The van der Waals surface area contributed by atoms with Crippen LogP contribution in [0.5, 0.6) is 0 Å². The van der Waals surface area contributed by atoms with E-state index in [2.05, 4.69) is 59.9 Å². The van der Waals surface area contributed by atoms with E-state index in [9.17, 15) is 4.79 Å². The predicted octanol–water partition coefficient (Wildman–Crippen LogP) is 3.05. The van der Waals surface area contributed by atoms with Gasteiger partial charge in [-0.2, -0.15) is 0 Å². The molecule has 7 N–H and O–H groups in total. The highest BCUT2D eigenvalue weighted by molar-refractivity contribution is 5.97. The van der Waals surface area contributed by atoms with Crippen LogP contribution in [0, 0.1) is 11.3 Å². The van der Waals surface area contributed by atoms with Crippen molar-refractivity contribution in [2.24, 2.45) is 22.2 Å². The predicted molar refractivity (Wildman–Crippen MR) is 129 cm³/mol. The zero-order valence-electron chi connectivity index (χ0n) is 20.1. The summed E-state index contributed by atoms with van der Waals surface area (Å²) in [4.78, 5) is 12.4. The van der Waals surface area contributed by atoms with Gasteiger partial charge in [-0.1, -0.05) is 52.7 Å². The average Bonchev–Trinajstić information content (AvgIpc) is 3.31. The van der Waals surface area contributed by atoms with Crippen molar-refractivity contribution in [2.45, 2.75) is 84.3 Å². The number of nitrogens with two attached hydrogens (primary N) is 1. The number of benzene rings is 1. The van der Waals surface area contributed by atoms with Crippen LogP contribution in [0.2, 0.25) is 0 Å². The summed E-state index contributed by atoms with van der Waals surface area (Å²) in [5.74, 6) is 1.25. The number of hydrogen-bond donors (Lipinski definition) is 6. The fraction of sp³-hybridized carbons (Fsp3) is 0.667. The Hall–Kier alpha value is -2.16. The maximum atomic E-state index is 12.4. The van der Waals surface area contributed by atoms with Crippen molar-refractivity contribution in [3.05, 3.63) is 35.4 Å². The molecule has 1 aromatic rings. The van der Waals surface area contributed by atoms with Crippen LogP contribution in [0.1, 0.15) is 94.6 Å². The van der Waals surface area contributed by atoms with Crippen LogP contribution in [0.15, 0.2) is 29.4 Å². The largest absolute Gasteiger partial charge is 0.345 e. The Kier molecular flexibility index (Phi) is 8.14. The van der Waals surface area contributed by atoms with Gasteiger partial charge in [0.25, 0.3) is 5.91 Å². The van der Waals surface area contributed by atoms with Crippen molar-refractivity contribution in [1.82, 2.24) is 27.1 Å². The van der Waals surface area contributed by atoms with Gasteiger partial charge >= 0.3 is 0 Å². The Balaban J connectivity index is 1.59. The number of carbonyl (C=O) groups is 1. The molecule has 0 unspecified atom stereocenters. The summed E-state index contributed by atoms with van der Waals surface area (Å²) in [6, 6.07) is 8.06. The minimum Gasteiger partial charge on any atom is -0.345 e. The van der Waals surface area contributed by atoms with E-state index in [1.54, 1.807) is 0 Å². The lowest BCUT2D eigenvalue weighted by Gasteiger charge is -2.45. The molecule has 1 fully saturated rings. The van der Waals surface area contributed by atoms with E-state index in [0.29, 0.717) is 23.4 Å². The Morgan fingerprint density at radius 3 is 2.50 bits per heavy atom. The first-order chi connectivity index (χ1) is 15.3. The number of amides is 1. The second-order valence-corrected chi connectivity index (χ2v) is 9.98. The molecule has 1 amide bonds. The van der Waals surface area contributed by atoms with Gasteiger partial charge < -0.3 is 11.1 Å². The molecule has 32 heavy (non-hydrogen) atoms. The molecule has 1 atom stereocenters.